The topological polar surface area (TPSA) is 30.2 Å². The number of hydrogen-bond acceptors (Lipinski definition) is 2. The largest absolute Gasteiger partial charge is 0.461 e. The number of aryl methyl sites for hydroxylation is 1. The Morgan fingerprint density at radius 1 is 1.35 bits per heavy atom. The summed E-state index contributed by atoms with van der Waals surface area (Å²) in [6.45, 7) is 6.18. The smallest absolute Gasteiger partial charge is 0.201 e. The lowest BCUT2D eigenvalue weighted by molar-refractivity contribution is 0.0893. The molecule has 1 heterocycles. The quantitative estimate of drug-likeness (QED) is 0.631. The first kappa shape index (κ1) is 12.2. The summed E-state index contributed by atoms with van der Waals surface area (Å²) in [6, 6.07) is 0. The summed E-state index contributed by atoms with van der Waals surface area (Å²) in [5.74, 6) is 0.826. The molecule has 0 amide bonds. The normalized spacial score (nSPS) is 25.0. The molecule has 92 valence electrons. The van der Waals surface area contributed by atoms with Crippen molar-refractivity contribution in [1.82, 2.24) is 0 Å². The van der Waals surface area contributed by atoms with Crippen LogP contribution in [-0.4, -0.2) is 5.78 Å². The van der Waals surface area contributed by atoms with Crippen LogP contribution < -0.4 is 0 Å². The molecule has 17 heavy (non-hydrogen) atoms. The van der Waals surface area contributed by atoms with Crippen LogP contribution in [0.1, 0.15) is 54.8 Å². The van der Waals surface area contributed by atoms with Gasteiger partial charge in [-0.3, -0.25) is 4.79 Å². The zero-order chi connectivity index (χ0) is 12.4. The summed E-state index contributed by atoms with van der Waals surface area (Å²) in [5, 5.41) is 0. The van der Waals surface area contributed by atoms with E-state index in [0.29, 0.717) is 5.76 Å². The number of fused-ring (bicyclic) bond motifs is 1. The highest BCUT2D eigenvalue weighted by Crippen LogP contribution is 2.25. The van der Waals surface area contributed by atoms with E-state index in [9.17, 15) is 4.79 Å². The van der Waals surface area contributed by atoms with Crippen molar-refractivity contribution in [1.29, 1.82) is 0 Å². The van der Waals surface area contributed by atoms with Crippen molar-refractivity contribution in [2.45, 2.75) is 46.5 Å². The van der Waals surface area contributed by atoms with E-state index in [1.807, 2.05) is 13.8 Å². The average Bonchev–Trinajstić information content (AvgIpc) is 2.66. The molecular formula is C15H20O2. The number of ketones is 1. The van der Waals surface area contributed by atoms with Crippen LogP contribution in [0.5, 0.6) is 0 Å². The minimum atomic E-state index is 0.0743. The van der Waals surface area contributed by atoms with E-state index in [-0.39, 0.29) is 11.7 Å². The van der Waals surface area contributed by atoms with E-state index < -0.39 is 0 Å². The summed E-state index contributed by atoms with van der Waals surface area (Å²) < 4.78 is 5.46. The van der Waals surface area contributed by atoms with E-state index >= 15 is 0 Å². The van der Waals surface area contributed by atoms with Gasteiger partial charge in [-0.2, -0.15) is 0 Å². The van der Waals surface area contributed by atoms with Gasteiger partial charge in [0.1, 0.15) is 0 Å². The van der Waals surface area contributed by atoms with Crippen molar-refractivity contribution in [2.24, 2.45) is 5.92 Å². The average molecular weight is 232 g/mol. The molecule has 2 rings (SSSR count). The second-order valence-electron chi connectivity index (χ2n) is 5.14. The molecule has 0 radical (unpaired) electrons. The molecule has 1 aromatic heterocycles. The van der Waals surface area contributed by atoms with Crippen LogP contribution in [0, 0.1) is 12.8 Å². The number of carbonyl (C=O) groups excluding carboxylic acids is 1. The van der Waals surface area contributed by atoms with Crippen molar-refractivity contribution < 1.29 is 9.21 Å². The minimum absolute atomic E-state index is 0.0743. The van der Waals surface area contributed by atoms with Crippen LogP contribution in [0.3, 0.4) is 0 Å². The molecule has 2 nitrogen and oxygen atoms in total. The van der Waals surface area contributed by atoms with Gasteiger partial charge in [0.2, 0.25) is 5.78 Å². The molecule has 1 aliphatic carbocycles. The highest BCUT2D eigenvalue weighted by molar-refractivity contribution is 5.96. The van der Waals surface area contributed by atoms with Gasteiger partial charge in [0, 0.05) is 11.5 Å². The molecule has 2 heteroatoms. The van der Waals surface area contributed by atoms with E-state index in [2.05, 4.69) is 13.0 Å². The molecular weight excluding hydrogens is 212 g/mol. The highest BCUT2D eigenvalue weighted by atomic mass is 16.3. The summed E-state index contributed by atoms with van der Waals surface area (Å²) in [5.41, 5.74) is 3.58. The Morgan fingerprint density at radius 2 is 2.12 bits per heavy atom. The first-order valence-corrected chi connectivity index (χ1v) is 6.36. The third-order valence-corrected chi connectivity index (χ3v) is 3.64. The zero-order valence-corrected chi connectivity index (χ0v) is 10.9. The molecule has 1 atom stereocenters. The van der Waals surface area contributed by atoms with Crippen molar-refractivity contribution >= 4 is 5.78 Å². The maximum absolute atomic E-state index is 12.2. The van der Waals surface area contributed by atoms with Crippen LogP contribution >= 0.6 is 0 Å². The molecule has 1 aromatic rings. The van der Waals surface area contributed by atoms with E-state index in [1.165, 1.54) is 5.57 Å². The predicted octanol–water partition coefficient (Wildman–Crippen LogP) is 4.08. The van der Waals surface area contributed by atoms with Crippen molar-refractivity contribution in [3.63, 3.8) is 0 Å². The second-order valence-corrected chi connectivity index (χ2v) is 5.14. The number of hydrogen-bond donors (Lipinski definition) is 0. The maximum Gasteiger partial charge on any atom is 0.201 e. The Labute approximate surface area is 103 Å². The van der Waals surface area contributed by atoms with Gasteiger partial charge < -0.3 is 4.42 Å². The van der Waals surface area contributed by atoms with Crippen molar-refractivity contribution in [2.75, 3.05) is 0 Å². The maximum atomic E-state index is 12.2. The molecule has 0 spiro atoms. The monoisotopic (exact) mass is 232 g/mol. The fourth-order valence-electron chi connectivity index (χ4n) is 2.35. The van der Waals surface area contributed by atoms with Crippen molar-refractivity contribution in [3.05, 3.63) is 34.8 Å². The molecule has 0 fully saturated rings. The Balaban J connectivity index is 2.40. The van der Waals surface area contributed by atoms with Gasteiger partial charge in [-0.1, -0.05) is 18.6 Å². The van der Waals surface area contributed by atoms with Crippen LogP contribution in [0.4, 0.5) is 0 Å². The Bertz CT molecular complexity index is 451. The summed E-state index contributed by atoms with van der Waals surface area (Å²) in [4.78, 5) is 12.2. The minimum Gasteiger partial charge on any atom is -0.461 e. The summed E-state index contributed by atoms with van der Waals surface area (Å²) in [7, 11) is 0. The number of Topliss-reactive ketones (excluding diaryl/α,β-unsaturated/α-hetero) is 1. The molecule has 0 saturated carbocycles. The molecule has 1 aliphatic rings. The molecule has 0 aromatic carbocycles. The summed E-state index contributed by atoms with van der Waals surface area (Å²) in [6.07, 6.45) is 7.89. The SMILES string of the molecule is C/C1=C/Cc2c(C)coc2C(=O)C(C)CCC1. The number of furan rings is 1. The number of carbonyl (C=O) groups is 1. The van der Waals surface area contributed by atoms with Crippen LogP contribution in [-0.2, 0) is 6.42 Å². The first-order valence-electron chi connectivity index (χ1n) is 6.36. The molecule has 1 unspecified atom stereocenters. The van der Waals surface area contributed by atoms with Gasteiger partial charge in [-0.05, 0) is 45.1 Å². The third kappa shape index (κ3) is 2.51. The number of allylic oxidation sites excluding steroid dienone is 2. The van der Waals surface area contributed by atoms with Gasteiger partial charge in [0.25, 0.3) is 0 Å². The number of rotatable bonds is 0. The molecule has 0 N–H and O–H groups in total. The highest BCUT2D eigenvalue weighted by Gasteiger charge is 2.23. The van der Waals surface area contributed by atoms with Crippen LogP contribution in [0.15, 0.2) is 22.3 Å². The predicted molar refractivity (Wildman–Crippen MR) is 68.3 cm³/mol. The van der Waals surface area contributed by atoms with Gasteiger partial charge >= 0.3 is 0 Å². The fourth-order valence-corrected chi connectivity index (χ4v) is 2.35. The summed E-state index contributed by atoms with van der Waals surface area (Å²) >= 11 is 0. The second kappa shape index (κ2) is 4.91. The molecule has 0 aliphatic heterocycles. The molecule has 0 bridgehead atoms. The first-order chi connectivity index (χ1) is 8.09. The van der Waals surface area contributed by atoms with Gasteiger partial charge in [0.15, 0.2) is 5.76 Å². The van der Waals surface area contributed by atoms with Crippen LogP contribution in [0.25, 0.3) is 0 Å². The Hall–Kier alpha value is -1.31. The lowest BCUT2D eigenvalue weighted by atomic mass is 9.91. The Kier molecular flexibility index (Phi) is 3.51. The standard InChI is InChI=1S/C15H20O2/c1-10-5-4-6-11(2)14(16)15-13(8-7-10)12(3)9-17-15/h7,9,11H,4-6,8H2,1-3H3/b10-7-. The van der Waals surface area contributed by atoms with Gasteiger partial charge in [-0.25, -0.2) is 0 Å². The zero-order valence-electron chi connectivity index (χ0n) is 10.9. The fraction of sp³-hybridized carbons (Fsp3) is 0.533. The van der Waals surface area contributed by atoms with Gasteiger partial charge in [-0.15, -0.1) is 0 Å². The third-order valence-electron chi connectivity index (χ3n) is 3.64. The van der Waals surface area contributed by atoms with E-state index in [0.717, 1.165) is 36.8 Å². The Morgan fingerprint density at radius 3 is 2.88 bits per heavy atom. The molecule has 0 saturated heterocycles. The van der Waals surface area contributed by atoms with Gasteiger partial charge in [0.05, 0.1) is 6.26 Å². The van der Waals surface area contributed by atoms with Crippen LogP contribution in [0.2, 0.25) is 0 Å². The van der Waals surface area contributed by atoms with E-state index in [1.54, 1.807) is 6.26 Å². The van der Waals surface area contributed by atoms with E-state index in [4.69, 9.17) is 4.42 Å². The van der Waals surface area contributed by atoms with Crippen molar-refractivity contribution in [3.8, 4) is 0 Å². The lowest BCUT2D eigenvalue weighted by Gasteiger charge is -2.12. The lowest BCUT2D eigenvalue weighted by Crippen LogP contribution is -2.13.